The Morgan fingerprint density at radius 2 is 1.55 bits per heavy atom. The maximum Gasteiger partial charge on any atom is 0.245 e. The molecule has 2 aliphatic rings. The maximum absolute atomic E-state index is 13.8. The van der Waals surface area contributed by atoms with Crippen LogP contribution in [0, 0.1) is 0 Å². The quantitative estimate of drug-likeness (QED) is 0.342. The molecule has 0 aromatic heterocycles. The summed E-state index contributed by atoms with van der Waals surface area (Å²) in [5, 5.41) is 6.05. The van der Waals surface area contributed by atoms with Crippen LogP contribution < -0.4 is 16.4 Å². The van der Waals surface area contributed by atoms with Crippen LogP contribution in [0.1, 0.15) is 68.6 Å². The first-order chi connectivity index (χ1) is 20.2. The Balaban J connectivity index is 1.27. The molecular formula is C35H42N4O3. The topological polar surface area (TPSA) is 105 Å². The van der Waals surface area contributed by atoms with Crippen LogP contribution in [-0.2, 0) is 26.2 Å². The van der Waals surface area contributed by atoms with E-state index in [9.17, 15) is 14.4 Å². The molecule has 1 aliphatic heterocycles. The number of carbonyl (C=O) groups is 3. The van der Waals surface area contributed by atoms with Gasteiger partial charge in [0.2, 0.25) is 17.7 Å². The van der Waals surface area contributed by atoms with Gasteiger partial charge in [0, 0.05) is 24.2 Å². The van der Waals surface area contributed by atoms with Gasteiger partial charge in [-0.3, -0.25) is 14.4 Å². The zero-order valence-corrected chi connectivity index (χ0v) is 24.6. The number of benzene rings is 3. The lowest BCUT2D eigenvalue weighted by Crippen LogP contribution is -2.57. The van der Waals surface area contributed by atoms with Crippen LogP contribution >= 0.6 is 0 Å². The number of amides is 3. The molecule has 1 saturated heterocycles. The van der Waals surface area contributed by atoms with E-state index >= 15 is 0 Å². The third kappa shape index (κ3) is 6.57. The summed E-state index contributed by atoms with van der Waals surface area (Å²) in [7, 11) is 0. The van der Waals surface area contributed by atoms with Crippen LogP contribution in [0.15, 0.2) is 84.9 Å². The lowest BCUT2D eigenvalue weighted by molar-refractivity contribution is -0.139. The minimum atomic E-state index is -1.08. The van der Waals surface area contributed by atoms with Gasteiger partial charge in [-0.15, -0.1) is 0 Å². The van der Waals surface area contributed by atoms with Crippen molar-refractivity contribution < 1.29 is 14.4 Å². The number of likely N-dealkylation sites (tertiary alicyclic amines) is 1. The molecule has 220 valence electrons. The van der Waals surface area contributed by atoms with E-state index in [1.807, 2.05) is 65.6 Å². The molecule has 3 aromatic carbocycles. The fraction of sp³-hybridized carbons (Fsp3) is 0.400. The van der Waals surface area contributed by atoms with Gasteiger partial charge in [0.1, 0.15) is 6.04 Å². The van der Waals surface area contributed by atoms with Crippen molar-refractivity contribution >= 4 is 23.4 Å². The van der Waals surface area contributed by atoms with E-state index in [1.54, 1.807) is 13.8 Å². The summed E-state index contributed by atoms with van der Waals surface area (Å²) in [6.07, 6.45) is 4.43. The Bertz CT molecular complexity index is 1390. The molecule has 1 aliphatic carbocycles. The Hall–Kier alpha value is -3.97. The van der Waals surface area contributed by atoms with Crippen molar-refractivity contribution in [2.24, 2.45) is 5.73 Å². The van der Waals surface area contributed by atoms with Crippen molar-refractivity contribution in [3.8, 4) is 0 Å². The number of nitrogens with zero attached hydrogens (tertiary/aromatic N) is 1. The van der Waals surface area contributed by atoms with Gasteiger partial charge in [-0.2, -0.15) is 0 Å². The number of rotatable bonds is 9. The molecule has 42 heavy (non-hydrogen) atoms. The van der Waals surface area contributed by atoms with Crippen LogP contribution in [0.4, 0.5) is 5.69 Å². The summed E-state index contributed by atoms with van der Waals surface area (Å²) >= 11 is 0. The third-order valence-electron chi connectivity index (χ3n) is 8.88. The molecule has 3 amide bonds. The van der Waals surface area contributed by atoms with Crippen molar-refractivity contribution in [2.45, 2.75) is 75.3 Å². The van der Waals surface area contributed by atoms with Crippen LogP contribution in [0.3, 0.4) is 0 Å². The summed E-state index contributed by atoms with van der Waals surface area (Å²) in [4.78, 5) is 42.0. The highest BCUT2D eigenvalue weighted by molar-refractivity contribution is 5.97. The Labute approximate surface area is 248 Å². The highest BCUT2D eigenvalue weighted by atomic mass is 16.2. The number of aryl methyl sites for hydroxylation is 1. The van der Waals surface area contributed by atoms with Crippen LogP contribution in [0.25, 0.3) is 0 Å². The van der Waals surface area contributed by atoms with Crippen molar-refractivity contribution in [3.05, 3.63) is 102 Å². The van der Waals surface area contributed by atoms with Gasteiger partial charge in [-0.05, 0) is 81.2 Å². The molecule has 0 saturated carbocycles. The Morgan fingerprint density at radius 3 is 2.21 bits per heavy atom. The second-order valence-corrected chi connectivity index (χ2v) is 12.4. The number of nitrogens with two attached hydrogens (primary N) is 1. The Morgan fingerprint density at radius 1 is 0.929 bits per heavy atom. The van der Waals surface area contributed by atoms with Gasteiger partial charge < -0.3 is 21.3 Å². The number of anilines is 1. The number of para-hydroxylation sites is 1. The van der Waals surface area contributed by atoms with Gasteiger partial charge in [0.25, 0.3) is 0 Å². The molecule has 1 fully saturated rings. The smallest absolute Gasteiger partial charge is 0.245 e. The predicted molar refractivity (Wildman–Crippen MR) is 166 cm³/mol. The monoisotopic (exact) mass is 566 g/mol. The largest absolute Gasteiger partial charge is 0.343 e. The van der Waals surface area contributed by atoms with Gasteiger partial charge >= 0.3 is 0 Å². The first-order valence-corrected chi connectivity index (χ1v) is 15.0. The molecular weight excluding hydrogens is 524 g/mol. The fourth-order valence-corrected chi connectivity index (χ4v) is 6.48. The average Bonchev–Trinajstić information content (AvgIpc) is 3.31. The number of hydrogen-bond acceptors (Lipinski definition) is 4. The third-order valence-corrected chi connectivity index (χ3v) is 8.88. The van der Waals surface area contributed by atoms with E-state index < -0.39 is 11.6 Å². The molecule has 7 nitrogen and oxygen atoms in total. The maximum atomic E-state index is 13.8. The van der Waals surface area contributed by atoms with Crippen LogP contribution in [-0.4, -0.2) is 47.3 Å². The summed E-state index contributed by atoms with van der Waals surface area (Å²) in [6.45, 7) is 4.47. The van der Waals surface area contributed by atoms with E-state index in [0.717, 1.165) is 43.4 Å². The van der Waals surface area contributed by atoms with Crippen molar-refractivity contribution in [1.29, 1.82) is 0 Å². The van der Waals surface area contributed by atoms with Crippen LogP contribution in [0.2, 0.25) is 0 Å². The minimum absolute atomic E-state index is 0.00891. The first kappa shape index (κ1) is 29.5. The molecule has 2 atom stereocenters. The second kappa shape index (κ2) is 12.5. The summed E-state index contributed by atoms with van der Waals surface area (Å²) < 4.78 is 0. The number of carbonyl (C=O) groups excluding carboxylic acids is 3. The molecule has 3 aromatic rings. The molecule has 0 bridgehead atoms. The zero-order valence-electron chi connectivity index (χ0n) is 24.6. The molecule has 1 heterocycles. The summed E-state index contributed by atoms with van der Waals surface area (Å²) in [6, 6.07) is 27.4. The highest BCUT2D eigenvalue weighted by Crippen LogP contribution is 2.52. The van der Waals surface area contributed by atoms with E-state index in [2.05, 4.69) is 34.9 Å². The van der Waals surface area contributed by atoms with Crippen molar-refractivity contribution in [3.63, 3.8) is 0 Å². The molecule has 7 heteroatoms. The number of fused-ring (bicyclic) bond motifs is 2. The molecule has 0 unspecified atom stereocenters. The normalized spacial score (nSPS) is 18.3. The van der Waals surface area contributed by atoms with Gasteiger partial charge in [0.15, 0.2) is 0 Å². The lowest BCUT2D eigenvalue weighted by atomic mass is 9.73. The van der Waals surface area contributed by atoms with E-state index in [-0.39, 0.29) is 29.1 Å². The van der Waals surface area contributed by atoms with E-state index in [4.69, 9.17) is 5.73 Å². The average molecular weight is 567 g/mol. The van der Waals surface area contributed by atoms with E-state index in [0.29, 0.717) is 19.5 Å². The number of hydrogen-bond donors (Lipinski definition) is 3. The SMILES string of the molecule is CC(C)(N)C(=O)N[C@H](CCCc1ccccc1)C(=O)N1CCC2(CC1)C[C@@H](C(=O)Nc1ccccc1)c1ccccc12. The number of nitrogens with one attached hydrogen (secondary N) is 2. The number of piperidine rings is 1. The highest BCUT2D eigenvalue weighted by Gasteiger charge is 2.48. The Kier molecular flexibility index (Phi) is 8.78. The predicted octanol–water partition coefficient (Wildman–Crippen LogP) is 4.92. The van der Waals surface area contributed by atoms with E-state index in [1.165, 1.54) is 11.1 Å². The second-order valence-electron chi connectivity index (χ2n) is 12.4. The molecule has 1 spiro atoms. The standard InChI is InChI=1S/C35H42N4O3/c1-34(2,36)33(42)38-30(19-11-14-25-12-5-3-6-13-25)32(41)39-22-20-35(21-23-39)24-28(27-17-9-10-18-29(27)35)31(40)37-26-15-7-4-8-16-26/h3-10,12-13,15-18,28,30H,11,14,19-24,36H2,1-2H3,(H,37,40)(H,38,42)/t28-,30-/m1/s1. The zero-order chi connectivity index (χ0) is 29.7. The van der Waals surface area contributed by atoms with Crippen molar-refractivity contribution in [2.75, 3.05) is 18.4 Å². The van der Waals surface area contributed by atoms with Gasteiger partial charge in [0.05, 0.1) is 11.5 Å². The molecule has 0 radical (unpaired) electrons. The lowest BCUT2D eigenvalue weighted by Gasteiger charge is -2.41. The summed E-state index contributed by atoms with van der Waals surface area (Å²) in [5.74, 6) is -0.610. The van der Waals surface area contributed by atoms with Gasteiger partial charge in [-0.25, -0.2) is 0 Å². The summed E-state index contributed by atoms with van der Waals surface area (Å²) in [5.41, 5.74) is 9.15. The fourth-order valence-electron chi connectivity index (χ4n) is 6.48. The minimum Gasteiger partial charge on any atom is -0.343 e. The molecule has 5 rings (SSSR count). The van der Waals surface area contributed by atoms with Crippen molar-refractivity contribution in [1.82, 2.24) is 10.2 Å². The van der Waals surface area contributed by atoms with Crippen LogP contribution in [0.5, 0.6) is 0 Å². The molecule has 4 N–H and O–H groups in total. The first-order valence-electron chi connectivity index (χ1n) is 15.0. The van der Waals surface area contributed by atoms with Gasteiger partial charge in [-0.1, -0.05) is 72.8 Å².